The van der Waals surface area contributed by atoms with Crippen LogP contribution < -0.4 is 5.32 Å². The van der Waals surface area contributed by atoms with E-state index >= 15 is 0 Å². The van der Waals surface area contributed by atoms with Crippen LogP contribution in [0.25, 0.3) is 0 Å². The molecule has 2 rings (SSSR count). The Bertz CT molecular complexity index is 540. The van der Waals surface area contributed by atoms with Crippen molar-refractivity contribution in [2.75, 3.05) is 6.54 Å². The summed E-state index contributed by atoms with van der Waals surface area (Å²) in [5.41, 5.74) is 2.05. The van der Waals surface area contributed by atoms with Gasteiger partial charge < -0.3 is 15.5 Å². The zero-order chi connectivity index (χ0) is 13.7. The van der Waals surface area contributed by atoms with Gasteiger partial charge in [0.25, 0.3) is 0 Å². The number of para-hydroxylation sites is 1. The summed E-state index contributed by atoms with van der Waals surface area (Å²) in [6.07, 6.45) is 0.884. The molecule has 0 heterocycles. The van der Waals surface area contributed by atoms with Crippen molar-refractivity contribution < 1.29 is 10.2 Å². The Kier molecular flexibility index (Phi) is 4.82. The molecule has 2 aromatic carbocycles. The summed E-state index contributed by atoms with van der Waals surface area (Å²) in [5.74, 6) is 0.579. The van der Waals surface area contributed by atoms with Crippen LogP contribution in [0.1, 0.15) is 11.1 Å². The van der Waals surface area contributed by atoms with Gasteiger partial charge in [-0.2, -0.15) is 0 Å². The zero-order valence-corrected chi connectivity index (χ0v) is 12.0. The Hall–Kier alpha value is -1.52. The molecule has 0 spiro atoms. The second-order valence-electron chi connectivity index (χ2n) is 4.34. The monoisotopic (exact) mass is 321 g/mol. The molecule has 0 amide bonds. The third-order valence-corrected chi connectivity index (χ3v) is 3.55. The standard InChI is InChI=1S/C15H16BrNO2/c16-14-3-1-2-12(15(14)19)10-17-9-8-11-4-6-13(18)7-5-11/h1-7,17-19H,8-10H2. The van der Waals surface area contributed by atoms with Crippen molar-refractivity contribution in [1.29, 1.82) is 0 Å². The minimum absolute atomic E-state index is 0.288. The van der Waals surface area contributed by atoms with Crippen molar-refractivity contribution in [1.82, 2.24) is 5.32 Å². The Balaban J connectivity index is 1.81. The molecular formula is C15H16BrNO2. The van der Waals surface area contributed by atoms with E-state index in [4.69, 9.17) is 0 Å². The second-order valence-corrected chi connectivity index (χ2v) is 5.20. The normalized spacial score (nSPS) is 10.6. The number of halogens is 1. The summed E-state index contributed by atoms with van der Waals surface area (Å²) in [7, 11) is 0. The third kappa shape index (κ3) is 3.98. The lowest BCUT2D eigenvalue weighted by Gasteiger charge is -2.08. The summed E-state index contributed by atoms with van der Waals surface area (Å²) >= 11 is 3.30. The van der Waals surface area contributed by atoms with E-state index in [9.17, 15) is 10.2 Å². The molecule has 4 heteroatoms. The van der Waals surface area contributed by atoms with E-state index in [1.807, 2.05) is 30.3 Å². The van der Waals surface area contributed by atoms with E-state index in [2.05, 4.69) is 21.2 Å². The fourth-order valence-electron chi connectivity index (χ4n) is 1.82. The van der Waals surface area contributed by atoms with Gasteiger partial charge in [-0.1, -0.05) is 24.3 Å². The number of phenols is 2. The first kappa shape index (κ1) is 13.9. The summed E-state index contributed by atoms with van der Waals surface area (Å²) in [5, 5.41) is 22.3. The summed E-state index contributed by atoms with van der Waals surface area (Å²) in [4.78, 5) is 0. The molecule has 3 nitrogen and oxygen atoms in total. The van der Waals surface area contributed by atoms with E-state index in [0.29, 0.717) is 16.8 Å². The van der Waals surface area contributed by atoms with Gasteiger partial charge in [0, 0.05) is 12.1 Å². The molecule has 0 bridgehead atoms. The molecule has 0 fully saturated rings. The first-order valence-electron chi connectivity index (χ1n) is 6.12. The minimum Gasteiger partial charge on any atom is -0.508 e. The third-order valence-electron chi connectivity index (χ3n) is 2.91. The van der Waals surface area contributed by atoms with E-state index in [-0.39, 0.29) is 5.75 Å². The number of aromatic hydroxyl groups is 2. The van der Waals surface area contributed by atoms with Gasteiger partial charge in [-0.3, -0.25) is 0 Å². The maximum atomic E-state index is 9.83. The molecule has 3 N–H and O–H groups in total. The lowest BCUT2D eigenvalue weighted by Crippen LogP contribution is -2.16. The Morgan fingerprint density at radius 3 is 2.47 bits per heavy atom. The maximum Gasteiger partial charge on any atom is 0.134 e. The van der Waals surface area contributed by atoms with Gasteiger partial charge in [0.1, 0.15) is 11.5 Å². The number of phenolic OH excluding ortho intramolecular Hbond substituents is 2. The average molecular weight is 322 g/mol. The van der Waals surface area contributed by atoms with Crippen LogP contribution >= 0.6 is 15.9 Å². The van der Waals surface area contributed by atoms with Gasteiger partial charge in [0.15, 0.2) is 0 Å². The maximum absolute atomic E-state index is 9.83. The molecule has 19 heavy (non-hydrogen) atoms. The summed E-state index contributed by atoms with van der Waals surface area (Å²) in [6.45, 7) is 1.44. The van der Waals surface area contributed by atoms with Crippen LogP contribution in [0.5, 0.6) is 11.5 Å². The quantitative estimate of drug-likeness (QED) is 0.741. The topological polar surface area (TPSA) is 52.5 Å². The SMILES string of the molecule is Oc1ccc(CCNCc2cccc(Br)c2O)cc1. The van der Waals surface area contributed by atoms with Crippen molar-refractivity contribution in [3.05, 3.63) is 58.1 Å². The molecule has 2 aromatic rings. The van der Waals surface area contributed by atoms with Crippen molar-refractivity contribution in [2.45, 2.75) is 13.0 Å². The van der Waals surface area contributed by atoms with Crippen LogP contribution in [0.15, 0.2) is 46.9 Å². The second kappa shape index (κ2) is 6.59. The van der Waals surface area contributed by atoms with E-state index in [1.54, 1.807) is 12.1 Å². The number of benzene rings is 2. The fraction of sp³-hybridized carbons (Fsp3) is 0.200. The average Bonchev–Trinajstić information content (AvgIpc) is 2.41. The van der Waals surface area contributed by atoms with E-state index in [0.717, 1.165) is 18.5 Å². The number of hydrogen-bond donors (Lipinski definition) is 3. The van der Waals surface area contributed by atoms with Crippen LogP contribution in [0.2, 0.25) is 0 Å². The van der Waals surface area contributed by atoms with Crippen molar-refractivity contribution in [3.8, 4) is 11.5 Å². The fourth-order valence-corrected chi connectivity index (χ4v) is 2.23. The van der Waals surface area contributed by atoms with Gasteiger partial charge in [-0.05, 0) is 52.7 Å². The van der Waals surface area contributed by atoms with Crippen LogP contribution in [-0.4, -0.2) is 16.8 Å². The van der Waals surface area contributed by atoms with Gasteiger partial charge in [0.2, 0.25) is 0 Å². The Labute approximate surface area is 121 Å². The summed E-state index contributed by atoms with van der Waals surface area (Å²) < 4.78 is 0.713. The van der Waals surface area contributed by atoms with Crippen molar-refractivity contribution >= 4 is 15.9 Å². The highest BCUT2D eigenvalue weighted by Gasteiger charge is 2.03. The largest absolute Gasteiger partial charge is 0.508 e. The first-order valence-corrected chi connectivity index (χ1v) is 6.91. The first-order chi connectivity index (χ1) is 9.16. The van der Waals surface area contributed by atoms with Crippen LogP contribution in [0.4, 0.5) is 0 Å². The molecular weight excluding hydrogens is 306 g/mol. The molecule has 100 valence electrons. The van der Waals surface area contributed by atoms with Gasteiger partial charge >= 0.3 is 0 Å². The predicted molar refractivity (Wildman–Crippen MR) is 79.3 cm³/mol. The number of nitrogens with one attached hydrogen (secondary N) is 1. The Morgan fingerprint density at radius 2 is 1.74 bits per heavy atom. The van der Waals surface area contributed by atoms with Crippen molar-refractivity contribution in [3.63, 3.8) is 0 Å². The molecule has 0 aromatic heterocycles. The van der Waals surface area contributed by atoms with E-state index < -0.39 is 0 Å². The minimum atomic E-state index is 0.288. The molecule has 0 aliphatic rings. The van der Waals surface area contributed by atoms with Crippen LogP contribution in [0.3, 0.4) is 0 Å². The van der Waals surface area contributed by atoms with Crippen molar-refractivity contribution in [2.24, 2.45) is 0 Å². The Morgan fingerprint density at radius 1 is 1.00 bits per heavy atom. The number of rotatable bonds is 5. The molecule has 0 aliphatic carbocycles. The lowest BCUT2D eigenvalue weighted by molar-refractivity contribution is 0.461. The van der Waals surface area contributed by atoms with E-state index in [1.165, 1.54) is 5.56 Å². The number of hydrogen-bond acceptors (Lipinski definition) is 3. The lowest BCUT2D eigenvalue weighted by atomic mass is 10.1. The highest BCUT2D eigenvalue weighted by atomic mass is 79.9. The molecule has 0 atom stereocenters. The van der Waals surface area contributed by atoms with Gasteiger partial charge in [-0.15, -0.1) is 0 Å². The van der Waals surface area contributed by atoms with Crippen LogP contribution in [0, 0.1) is 0 Å². The van der Waals surface area contributed by atoms with Gasteiger partial charge in [-0.25, -0.2) is 0 Å². The molecule has 0 unspecified atom stereocenters. The van der Waals surface area contributed by atoms with Crippen LogP contribution in [-0.2, 0) is 13.0 Å². The zero-order valence-electron chi connectivity index (χ0n) is 10.4. The summed E-state index contributed by atoms with van der Waals surface area (Å²) in [6, 6.07) is 12.8. The van der Waals surface area contributed by atoms with Gasteiger partial charge in [0.05, 0.1) is 4.47 Å². The molecule has 0 saturated carbocycles. The highest BCUT2D eigenvalue weighted by Crippen LogP contribution is 2.27. The molecule has 0 saturated heterocycles. The highest BCUT2D eigenvalue weighted by molar-refractivity contribution is 9.10. The smallest absolute Gasteiger partial charge is 0.134 e. The predicted octanol–water partition coefficient (Wildman–Crippen LogP) is 3.19. The molecule has 0 aliphatic heterocycles. The molecule has 0 radical (unpaired) electrons.